The molecule has 0 saturated heterocycles. The van der Waals surface area contributed by atoms with Crippen molar-refractivity contribution in [2.45, 2.75) is 0 Å². The third kappa shape index (κ3) is 4.76. The van der Waals surface area contributed by atoms with E-state index >= 15 is 0 Å². The van der Waals surface area contributed by atoms with E-state index in [1.807, 2.05) is 0 Å². The average molecular weight is 762 g/mol. The van der Waals surface area contributed by atoms with E-state index in [4.69, 9.17) is 4.42 Å². The summed E-state index contributed by atoms with van der Waals surface area (Å²) >= 11 is 0. The number of benzene rings is 11. The maximum Gasteiger partial charge on any atom is 0.136 e. The van der Waals surface area contributed by atoms with Gasteiger partial charge in [-0.15, -0.1) is 0 Å². The molecule has 0 aliphatic carbocycles. The van der Waals surface area contributed by atoms with Gasteiger partial charge in [0, 0.05) is 27.2 Å². The van der Waals surface area contributed by atoms with E-state index in [2.05, 4.69) is 217 Å². The second-order valence-electron chi connectivity index (χ2n) is 15.9. The van der Waals surface area contributed by atoms with Gasteiger partial charge in [-0.2, -0.15) is 0 Å². The molecule has 2 aromatic heterocycles. The third-order valence-corrected chi connectivity index (χ3v) is 12.8. The van der Waals surface area contributed by atoms with Crippen LogP contribution in [0.1, 0.15) is 0 Å². The van der Waals surface area contributed by atoms with Crippen molar-refractivity contribution < 1.29 is 4.42 Å². The van der Waals surface area contributed by atoms with Crippen molar-refractivity contribution in [1.29, 1.82) is 0 Å². The Morgan fingerprint density at radius 2 is 0.867 bits per heavy atom. The smallest absolute Gasteiger partial charge is 0.136 e. The number of fused-ring (bicyclic) bond motifs is 11. The van der Waals surface area contributed by atoms with Gasteiger partial charge in [0.25, 0.3) is 0 Å². The first kappa shape index (κ1) is 33.1. The van der Waals surface area contributed by atoms with Crippen LogP contribution in [0.4, 0.5) is 0 Å². The SMILES string of the molecule is c1ccc(-n2c3ccccc3c3c4c(ccc32)oc2ccc(-c3c5ccccc5c(-c5cccc6ccccc56)c5ccc(-c6cccc7ccccc67)cc35)cc24)cc1. The molecule has 0 saturated carbocycles. The minimum Gasteiger partial charge on any atom is -0.456 e. The lowest BCUT2D eigenvalue weighted by Crippen LogP contribution is -1.93. The first-order valence-corrected chi connectivity index (χ1v) is 20.7. The molecule has 0 spiro atoms. The highest BCUT2D eigenvalue weighted by molar-refractivity contribution is 6.29. The molecule has 2 heteroatoms. The van der Waals surface area contributed by atoms with Gasteiger partial charge in [0.15, 0.2) is 0 Å². The van der Waals surface area contributed by atoms with Gasteiger partial charge in [0.1, 0.15) is 11.2 Å². The number of aromatic nitrogens is 1. The second-order valence-corrected chi connectivity index (χ2v) is 15.9. The Kier molecular flexibility index (Phi) is 7.05. The highest BCUT2D eigenvalue weighted by Crippen LogP contribution is 2.48. The van der Waals surface area contributed by atoms with Gasteiger partial charge in [-0.05, 0) is 125 Å². The fourth-order valence-electron chi connectivity index (χ4n) is 10.2. The molecule has 2 heterocycles. The molecule has 2 nitrogen and oxygen atoms in total. The monoisotopic (exact) mass is 761 g/mol. The van der Waals surface area contributed by atoms with Gasteiger partial charge in [-0.1, -0.05) is 164 Å². The Morgan fingerprint density at radius 3 is 1.65 bits per heavy atom. The maximum atomic E-state index is 6.72. The minimum absolute atomic E-state index is 0.884. The molecule has 0 fully saturated rings. The topological polar surface area (TPSA) is 18.1 Å². The Hall–Kier alpha value is -7.94. The summed E-state index contributed by atoms with van der Waals surface area (Å²) in [6.07, 6.45) is 0. The van der Waals surface area contributed by atoms with E-state index in [1.165, 1.54) is 87.2 Å². The molecule has 0 unspecified atom stereocenters. The summed E-state index contributed by atoms with van der Waals surface area (Å²) in [5.41, 5.74) is 12.6. The number of nitrogens with zero attached hydrogens (tertiary/aromatic N) is 1. The number of para-hydroxylation sites is 2. The number of hydrogen-bond acceptors (Lipinski definition) is 1. The molecule has 13 rings (SSSR count). The Morgan fingerprint density at radius 1 is 0.300 bits per heavy atom. The molecule has 278 valence electrons. The fraction of sp³-hybridized carbons (Fsp3) is 0. The highest BCUT2D eigenvalue weighted by Gasteiger charge is 2.22. The van der Waals surface area contributed by atoms with E-state index < -0.39 is 0 Å². The molecule has 0 aliphatic heterocycles. The van der Waals surface area contributed by atoms with Crippen LogP contribution in [0.25, 0.3) is 126 Å². The van der Waals surface area contributed by atoms with Crippen molar-refractivity contribution in [2.75, 3.05) is 0 Å². The average Bonchev–Trinajstić information content (AvgIpc) is 3.86. The molecular weight excluding hydrogens is 727 g/mol. The second kappa shape index (κ2) is 12.8. The summed E-state index contributed by atoms with van der Waals surface area (Å²) in [6, 6.07) is 77.6. The zero-order valence-corrected chi connectivity index (χ0v) is 32.6. The van der Waals surface area contributed by atoms with Crippen molar-refractivity contribution in [3.63, 3.8) is 0 Å². The fourth-order valence-corrected chi connectivity index (χ4v) is 10.2. The van der Waals surface area contributed by atoms with Crippen LogP contribution in [-0.4, -0.2) is 4.57 Å². The predicted octanol–water partition coefficient (Wildman–Crippen LogP) is 16.3. The summed E-state index contributed by atoms with van der Waals surface area (Å²) < 4.78 is 9.10. The molecular formula is C58H35NO. The number of rotatable bonds is 4. The minimum atomic E-state index is 0.884. The van der Waals surface area contributed by atoms with Crippen LogP contribution < -0.4 is 0 Å². The van der Waals surface area contributed by atoms with Crippen LogP contribution in [0, 0.1) is 0 Å². The quantitative estimate of drug-likeness (QED) is 0.163. The highest BCUT2D eigenvalue weighted by atomic mass is 16.3. The lowest BCUT2D eigenvalue weighted by atomic mass is 9.83. The molecule has 0 bridgehead atoms. The summed E-state index contributed by atoms with van der Waals surface area (Å²) in [5, 5.41) is 14.6. The normalized spacial score (nSPS) is 12.0. The zero-order chi connectivity index (χ0) is 39.3. The molecule has 13 aromatic rings. The van der Waals surface area contributed by atoms with Crippen molar-refractivity contribution in [2.24, 2.45) is 0 Å². The maximum absolute atomic E-state index is 6.72. The van der Waals surface area contributed by atoms with Gasteiger partial charge in [0.2, 0.25) is 0 Å². The molecule has 0 N–H and O–H groups in total. The molecule has 0 aliphatic rings. The van der Waals surface area contributed by atoms with Gasteiger partial charge in [-0.3, -0.25) is 0 Å². The van der Waals surface area contributed by atoms with E-state index in [-0.39, 0.29) is 0 Å². The van der Waals surface area contributed by atoms with Crippen LogP contribution in [0.3, 0.4) is 0 Å². The summed E-state index contributed by atoms with van der Waals surface area (Å²) in [4.78, 5) is 0. The molecule has 0 amide bonds. The van der Waals surface area contributed by atoms with Crippen LogP contribution >= 0.6 is 0 Å². The van der Waals surface area contributed by atoms with Crippen LogP contribution in [0.2, 0.25) is 0 Å². The lowest BCUT2D eigenvalue weighted by Gasteiger charge is -2.20. The zero-order valence-electron chi connectivity index (χ0n) is 32.6. The Bertz CT molecular complexity index is 3880. The predicted molar refractivity (Wildman–Crippen MR) is 254 cm³/mol. The first-order valence-electron chi connectivity index (χ1n) is 20.7. The lowest BCUT2D eigenvalue weighted by molar-refractivity contribution is 0.669. The molecule has 0 atom stereocenters. The number of furan rings is 1. The van der Waals surface area contributed by atoms with Gasteiger partial charge < -0.3 is 8.98 Å². The molecule has 60 heavy (non-hydrogen) atoms. The summed E-state index contributed by atoms with van der Waals surface area (Å²) in [7, 11) is 0. The molecule has 11 aromatic carbocycles. The third-order valence-electron chi connectivity index (χ3n) is 12.8. The van der Waals surface area contributed by atoms with Gasteiger partial charge in [0.05, 0.1) is 11.0 Å². The van der Waals surface area contributed by atoms with Gasteiger partial charge in [-0.25, -0.2) is 0 Å². The summed E-state index contributed by atoms with van der Waals surface area (Å²) in [6.45, 7) is 0. The summed E-state index contributed by atoms with van der Waals surface area (Å²) in [5.74, 6) is 0. The van der Waals surface area contributed by atoms with E-state index in [1.54, 1.807) is 0 Å². The van der Waals surface area contributed by atoms with Gasteiger partial charge >= 0.3 is 0 Å². The Balaban J connectivity index is 1.16. The van der Waals surface area contributed by atoms with Crippen molar-refractivity contribution in [3.05, 3.63) is 212 Å². The van der Waals surface area contributed by atoms with E-state index in [0.29, 0.717) is 0 Å². The van der Waals surface area contributed by atoms with Crippen molar-refractivity contribution >= 4 is 86.8 Å². The number of hydrogen-bond donors (Lipinski definition) is 0. The van der Waals surface area contributed by atoms with E-state index in [0.717, 1.165) is 38.7 Å². The Labute approximate surface area is 345 Å². The standard InChI is InChI=1S/C58H35NO/c1-2-18-40(19-3-1)59-51-27-11-10-24-48(51)57-52(59)31-33-54-58(57)50-35-39(29-32-53(50)60-54)55-45-22-8-9-23-46(45)56(44-26-13-17-37-15-5-7-21-42(37)44)47-30-28-38(34-49(47)55)43-25-12-16-36-14-4-6-20-41(36)43/h1-35H. The molecule has 0 radical (unpaired) electrons. The van der Waals surface area contributed by atoms with Crippen LogP contribution in [0.15, 0.2) is 217 Å². The van der Waals surface area contributed by atoms with Crippen LogP contribution in [0.5, 0.6) is 0 Å². The van der Waals surface area contributed by atoms with E-state index in [9.17, 15) is 0 Å². The van der Waals surface area contributed by atoms with Crippen LogP contribution in [-0.2, 0) is 0 Å². The van der Waals surface area contributed by atoms with Crippen molar-refractivity contribution in [1.82, 2.24) is 4.57 Å². The largest absolute Gasteiger partial charge is 0.456 e. The van der Waals surface area contributed by atoms with Crippen molar-refractivity contribution in [3.8, 4) is 39.1 Å². The first-order chi connectivity index (χ1) is 29.8.